The van der Waals surface area contributed by atoms with Gasteiger partial charge in [0.1, 0.15) is 11.9 Å². The van der Waals surface area contributed by atoms with E-state index in [1.165, 1.54) is 19.3 Å². The summed E-state index contributed by atoms with van der Waals surface area (Å²) < 4.78 is 5.22. The zero-order valence-electron chi connectivity index (χ0n) is 12.6. The first-order chi connectivity index (χ1) is 8.74. The third-order valence-electron chi connectivity index (χ3n) is 3.48. The minimum Gasteiger partial charge on any atom is -0.444 e. The van der Waals surface area contributed by atoms with Crippen LogP contribution in [0.3, 0.4) is 0 Å². The molecular formula is C15H27NO3. The SMILES string of the molecule is CC(C=O)(CC1CCCCC1)NC(=O)OC(C)(C)C. The molecule has 4 heteroatoms. The van der Waals surface area contributed by atoms with Crippen molar-refractivity contribution in [2.75, 3.05) is 0 Å². The number of carbonyl (C=O) groups is 2. The summed E-state index contributed by atoms with van der Waals surface area (Å²) in [5, 5.41) is 2.72. The van der Waals surface area contributed by atoms with Crippen molar-refractivity contribution in [3.05, 3.63) is 0 Å². The smallest absolute Gasteiger partial charge is 0.408 e. The predicted molar refractivity (Wildman–Crippen MR) is 75.0 cm³/mol. The fourth-order valence-electron chi connectivity index (χ4n) is 2.66. The van der Waals surface area contributed by atoms with Gasteiger partial charge in [-0.15, -0.1) is 0 Å². The topological polar surface area (TPSA) is 55.4 Å². The van der Waals surface area contributed by atoms with E-state index in [2.05, 4.69) is 5.32 Å². The summed E-state index contributed by atoms with van der Waals surface area (Å²) in [6.07, 6.45) is 7.07. The van der Waals surface area contributed by atoms with Gasteiger partial charge in [0.05, 0.1) is 5.54 Å². The number of rotatable bonds is 4. The Morgan fingerprint density at radius 3 is 2.26 bits per heavy atom. The maximum absolute atomic E-state index is 11.8. The van der Waals surface area contributed by atoms with Crippen LogP contribution in [-0.4, -0.2) is 23.5 Å². The van der Waals surface area contributed by atoms with Gasteiger partial charge >= 0.3 is 6.09 Å². The van der Waals surface area contributed by atoms with Crippen LogP contribution >= 0.6 is 0 Å². The highest BCUT2D eigenvalue weighted by Gasteiger charge is 2.32. The summed E-state index contributed by atoms with van der Waals surface area (Å²) in [6, 6.07) is 0. The Labute approximate surface area is 116 Å². The van der Waals surface area contributed by atoms with Gasteiger partial charge in [-0.1, -0.05) is 32.1 Å². The second kappa shape index (κ2) is 6.40. The Balaban J connectivity index is 2.53. The van der Waals surface area contributed by atoms with E-state index in [1.54, 1.807) is 6.92 Å². The first-order valence-electron chi connectivity index (χ1n) is 7.22. The number of ether oxygens (including phenoxy) is 1. The maximum Gasteiger partial charge on any atom is 0.408 e. The molecule has 1 aliphatic carbocycles. The average molecular weight is 269 g/mol. The van der Waals surface area contributed by atoms with E-state index in [0.717, 1.165) is 19.1 Å². The van der Waals surface area contributed by atoms with Gasteiger partial charge < -0.3 is 14.8 Å². The molecule has 0 spiro atoms. The zero-order chi connectivity index (χ0) is 14.5. The molecule has 19 heavy (non-hydrogen) atoms. The van der Waals surface area contributed by atoms with Crippen LogP contribution in [-0.2, 0) is 9.53 Å². The number of aldehydes is 1. The number of carbonyl (C=O) groups excluding carboxylic acids is 2. The van der Waals surface area contributed by atoms with E-state index >= 15 is 0 Å². The van der Waals surface area contributed by atoms with Crippen molar-refractivity contribution in [1.29, 1.82) is 0 Å². The van der Waals surface area contributed by atoms with E-state index in [9.17, 15) is 9.59 Å². The van der Waals surface area contributed by atoms with Gasteiger partial charge in [-0.05, 0) is 40.0 Å². The third kappa shape index (κ3) is 6.08. The first-order valence-corrected chi connectivity index (χ1v) is 7.22. The minimum atomic E-state index is -0.815. The van der Waals surface area contributed by atoms with Crippen molar-refractivity contribution < 1.29 is 14.3 Å². The lowest BCUT2D eigenvalue weighted by atomic mass is 9.80. The number of hydrogen-bond acceptors (Lipinski definition) is 3. The van der Waals surface area contributed by atoms with Gasteiger partial charge in [-0.25, -0.2) is 4.79 Å². The van der Waals surface area contributed by atoms with Gasteiger partial charge in [0.2, 0.25) is 0 Å². The van der Waals surface area contributed by atoms with Crippen LogP contribution in [0.25, 0.3) is 0 Å². The van der Waals surface area contributed by atoms with Crippen molar-refractivity contribution >= 4 is 12.4 Å². The standard InChI is InChI=1S/C15H27NO3/c1-14(2,3)19-13(18)16-15(4,11-17)10-12-8-6-5-7-9-12/h11-12H,5-10H2,1-4H3,(H,16,18). The molecule has 1 unspecified atom stereocenters. The summed E-state index contributed by atoms with van der Waals surface area (Å²) in [6.45, 7) is 7.21. The fraction of sp³-hybridized carbons (Fsp3) is 0.867. The Morgan fingerprint density at radius 2 is 1.79 bits per heavy atom. The van der Waals surface area contributed by atoms with Crippen molar-refractivity contribution in [2.24, 2.45) is 5.92 Å². The molecule has 4 nitrogen and oxygen atoms in total. The molecule has 1 rings (SSSR count). The van der Waals surface area contributed by atoms with E-state index in [4.69, 9.17) is 4.74 Å². The zero-order valence-corrected chi connectivity index (χ0v) is 12.6. The van der Waals surface area contributed by atoms with E-state index in [1.807, 2.05) is 20.8 Å². The van der Waals surface area contributed by atoms with E-state index in [0.29, 0.717) is 12.3 Å². The maximum atomic E-state index is 11.8. The molecule has 0 bridgehead atoms. The molecule has 1 saturated carbocycles. The van der Waals surface area contributed by atoms with Crippen LogP contribution in [0.1, 0.15) is 66.2 Å². The van der Waals surface area contributed by atoms with Crippen LogP contribution in [0.15, 0.2) is 0 Å². The predicted octanol–water partition coefficient (Wildman–Crippen LogP) is 3.44. The summed E-state index contributed by atoms with van der Waals surface area (Å²) in [5.41, 5.74) is -1.36. The van der Waals surface area contributed by atoms with Gasteiger partial charge in [0.25, 0.3) is 0 Å². The molecule has 1 amide bonds. The lowest BCUT2D eigenvalue weighted by molar-refractivity contribution is -0.113. The largest absolute Gasteiger partial charge is 0.444 e. The van der Waals surface area contributed by atoms with Gasteiger partial charge in [-0.3, -0.25) is 0 Å². The molecule has 110 valence electrons. The van der Waals surface area contributed by atoms with Crippen LogP contribution in [0.5, 0.6) is 0 Å². The molecule has 1 N–H and O–H groups in total. The highest BCUT2D eigenvalue weighted by molar-refractivity contribution is 5.76. The fourth-order valence-corrected chi connectivity index (χ4v) is 2.66. The summed E-state index contributed by atoms with van der Waals surface area (Å²) in [7, 11) is 0. The summed E-state index contributed by atoms with van der Waals surface area (Å²) >= 11 is 0. The van der Waals surface area contributed by atoms with Crippen LogP contribution in [0.2, 0.25) is 0 Å². The second-order valence-corrected chi connectivity index (χ2v) is 6.87. The molecule has 0 heterocycles. The monoisotopic (exact) mass is 269 g/mol. The van der Waals surface area contributed by atoms with Gasteiger partial charge in [0.15, 0.2) is 0 Å². The summed E-state index contributed by atoms with van der Waals surface area (Å²) in [4.78, 5) is 23.1. The quantitative estimate of drug-likeness (QED) is 0.795. The molecular weight excluding hydrogens is 242 g/mol. The van der Waals surface area contributed by atoms with Crippen molar-refractivity contribution in [3.63, 3.8) is 0 Å². The Bertz CT molecular complexity index is 316. The molecule has 1 aliphatic rings. The lowest BCUT2D eigenvalue weighted by Gasteiger charge is -2.32. The molecule has 1 atom stereocenters. The number of nitrogens with one attached hydrogen (secondary N) is 1. The van der Waals surface area contributed by atoms with Crippen molar-refractivity contribution in [3.8, 4) is 0 Å². The molecule has 0 aromatic heterocycles. The molecule has 0 saturated heterocycles. The number of amides is 1. The highest BCUT2D eigenvalue weighted by atomic mass is 16.6. The molecule has 1 fully saturated rings. The van der Waals surface area contributed by atoms with Gasteiger partial charge in [0, 0.05) is 0 Å². The third-order valence-corrected chi connectivity index (χ3v) is 3.48. The molecule has 0 aromatic carbocycles. The van der Waals surface area contributed by atoms with Crippen molar-refractivity contribution in [2.45, 2.75) is 77.4 Å². The average Bonchev–Trinajstić information content (AvgIpc) is 2.27. The Hall–Kier alpha value is -1.06. The summed E-state index contributed by atoms with van der Waals surface area (Å²) in [5.74, 6) is 0.527. The van der Waals surface area contributed by atoms with Gasteiger partial charge in [-0.2, -0.15) is 0 Å². The molecule has 0 aliphatic heterocycles. The van der Waals surface area contributed by atoms with Crippen LogP contribution in [0, 0.1) is 5.92 Å². The second-order valence-electron chi connectivity index (χ2n) is 6.87. The lowest BCUT2D eigenvalue weighted by Crippen LogP contribution is -2.50. The highest BCUT2D eigenvalue weighted by Crippen LogP contribution is 2.30. The van der Waals surface area contributed by atoms with E-state index < -0.39 is 17.2 Å². The number of hydrogen-bond donors (Lipinski definition) is 1. The van der Waals surface area contributed by atoms with Crippen LogP contribution < -0.4 is 5.32 Å². The minimum absolute atomic E-state index is 0.516. The number of alkyl carbamates (subject to hydrolysis) is 1. The van der Waals surface area contributed by atoms with E-state index in [-0.39, 0.29) is 0 Å². The normalized spacial score (nSPS) is 20.4. The molecule has 0 radical (unpaired) electrons. The van der Waals surface area contributed by atoms with Crippen LogP contribution in [0.4, 0.5) is 4.79 Å². The molecule has 0 aromatic rings. The Kier molecular flexibility index (Phi) is 5.39. The van der Waals surface area contributed by atoms with Crippen molar-refractivity contribution in [1.82, 2.24) is 5.32 Å². The Morgan fingerprint density at radius 1 is 1.21 bits per heavy atom. The first kappa shape index (κ1) is 16.0.